The molecule has 2 rings (SSSR count). The van der Waals surface area contributed by atoms with Crippen molar-refractivity contribution in [2.75, 3.05) is 11.9 Å². The smallest absolute Gasteiger partial charge is 0.253 e. The summed E-state index contributed by atoms with van der Waals surface area (Å²) in [5.74, 6) is -0.847. The Labute approximate surface area is 142 Å². The zero-order valence-electron chi connectivity index (χ0n) is 14.6. The molecule has 0 unspecified atom stereocenters. The van der Waals surface area contributed by atoms with Crippen molar-refractivity contribution < 1.29 is 14.4 Å². The molecule has 24 heavy (non-hydrogen) atoms. The van der Waals surface area contributed by atoms with Gasteiger partial charge in [-0.1, -0.05) is 12.1 Å². The lowest BCUT2D eigenvalue weighted by atomic mass is 10.1. The predicted octanol–water partition coefficient (Wildman–Crippen LogP) is 2.02. The van der Waals surface area contributed by atoms with Crippen LogP contribution in [0.5, 0.6) is 0 Å². The highest BCUT2D eigenvalue weighted by Gasteiger charge is 2.35. The summed E-state index contributed by atoms with van der Waals surface area (Å²) in [7, 11) is 0. The van der Waals surface area contributed by atoms with Gasteiger partial charge in [0.15, 0.2) is 0 Å². The minimum Gasteiger partial charge on any atom is -0.350 e. The number of carbonyl (C=O) groups is 3. The van der Waals surface area contributed by atoms with Crippen LogP contribution in [0.25, 0.3) is 0 Å². The molecule has 1 atom stereocenters. The number of hydrogen-bond donors (Lipinski definition) is 2. The third-order valence-electron chi connectivity index (χ3n) is 4.00. The number of hydrogen-bond acceptors (Lipinski definition) is 3. The van der Waals surface area contributed by atoms with Gasteiger partial charge >= 0.3 is 0 Å². The predicted molar refractivity (Wildman–Crippen MR) is 92.6 cm³/mol. The maximum atomic E-state index is 12.5. The molecule has 1 aromatic rings. The van der Waals surface area contributed by atoms with E-state index in [1.807, 2.05) is 27.7 Å². The molecule has 1 fully saturated rings. The van der Waals surface area contributed by atoms with Crippen molar-refractivity contribution in [2.24, 2.45) is 5.92 Å². The number of anilines is 1. The van der Waals surface area contributed by atoms with Crippen LogP contribution in [-0.4, -0.2) is 41.2 Å². The average Bonchev–Trinajstić information content (AvgIpc) is 2.89. The van der Waals surface area contributed by atoms with Gasteiger partial charge in [0.25, 0.3) is 5.91 Å². The molecular weight excluding hydrogens is 306 g/mol. The van der Waals surface area contributed by atoms with E-state index in [0.717, 1.165) is 0 Å². The SMILES string of the molecule is CC(C)NC(=O)c1ccccc1NC(=O)[C@@H]1CC(=O)N(C(C)C)C1. The molecule has 6 heteroatoms. The molecule has 2 N–H and O–H groups in total. The molecular formula is C18H25N3O3. The van der Waals surface area contributed by atoms with Crippen LogP contribution in [0.2, 0.25) is 0 Å². The van der Waals surface area contributed by atoms with E-state index in [2.05, 4.69) is 10.6 Å². The average molecular weight is 331 g/mol. The second kappa shape index (κ2) is 7.47. The summed E-state index contributed by atoms with van der Waals surface area (Å²) in [6, 6.07) is 6.98. The van der Waals surface area contributed by atoms with Gasteiger partial charge in [0, 0.05) is 25.0 Å². The number of amides is 3. The van der Waals surface area contributed by atoms with Gasteiger partial charge in [0.05, 0.1) is 17.2 Å². The number of rotatable bonds is 5. The molecule has 1 heterocycles. The van der Waals surface area contributed by atoms with E-state index in [0.29, 0.717) is 17.8 Å². The lowest BCUT2D eigenvalue weighted by Crippen LogP contribution is -2.34. The Kier molecular flexibility index (Phi) is 5.59. The van der Waals surface area contributed by atoms with Gasteiger partial charge < -0.3 is 15.5 Å². The van der Waals surface area contributed by atoms with Crippen molar-refractivity contribution in [3.05, 3.63) is 29.8 Å². The van der Waals surface area contributed by atoms with Crippen LogP contribution in [0.4, 0.5) is 5.69 Å². The Bertz CT molecular complexity index is 640. The summed E-state index contributed by atoms with van der Waals surface area (Å²) in [4.78, 5) is 38.4. The normalized spacial score (nSPS) is 17.5. The molecule has 6 nitrogen and oxygen atoms in total. The Morgan fingerprint density at radius 2 is 1.83 bits per heavy atom. The van der Waals surface area contributed by atoms with Crippen molar-refractivity contribution >= 4 is 23.4 Å². The summed E-state index contributed by atoms with van der Waals surface area (Å²) in [5.41, 5.74) is 0.890. The molecule has 0 spiro atoms. The first-order valence-electron chi connectivity index (χ1n) is 8.29. The van der Waals surface area contributed by atoms with Crippen molar-refractivity contribution in [3.63, 3.8) is 0 Å². The monoisotopic (exact) mass is 331 g/mol. The van der Waals surface area contributed by atoms with Crippen LogP contribution in [0.15, 0.2) is 24.3 Å². The summed E-state index contributed by atoms with van der Waals surface area (Å²) in [6.45, 7) is 8.05. The van der Waals surface area contributed by atoms with Crippen LogP contribution < -0.4 is 10.6 Å². The van der Waals surface area contributed by atoms with E-state index in [-0.39, 0.29) is 42.1 Å². The molecule has 1 aliphatic heterocycles. The van der Waals surface area contributed by atoms with Crippen LogP contribution in [-0.2, 0) is 9.59 Å². The summed E-state index contributed by atoms with van der Waals surface area (Å²) in [5, 5.41) is 5.63. The van der Waals surface area contributed by atoms with Gasteiger partial charge in [-0.3, -0.25) is 14.4 Å². The Morgan fingerprint density at radius 3 is 2.42 bits per heavy atom. The molecule has 0 aliphatic carbocycles. The zero-order chi connectivity index (χ0) is 17.9. The van der Waals surface area contributed by atoms with E-state index in [1.54, 1.807) is 29.2 Å². The highest BCUT2D eigenvalue weighted by molar-refractivity contribution is 6.05. The number of nitrogens with zero attached hydrogens (tertiary/aromatic N) is 1. The number of benzene rings is 1. The minimum atomic E-state index is -0.388. The molecule has 0 saturated carbocycles. The zero-order valence-corrected chi connectivity index (χ0v) is 14.6. The highest BCUT2D eigenvalue weighted by atomic mass is 16.2. The van der Waals surface area contributed by atoms with Crippen molar-refractivity contribution in [1.29, 1.82) is 0 Å². The van der Waals surface area contributed by atoms with Crippen LogP contribution in [0.3, 0.4) is 0 Å². The third-order valence-corrected chi connectivity index (χ3v) is 4.00. The van der Waals surface area contributed by atoms with E-state index in [4.69, 9.17) is 0 Å². The summed E-state index contributed by atoms with van der Waals surface area (Å²) < 4.78 is 0. The van der Waals surface area contributed by atoms with E-state index in [1.165, 1.54) is 0 Å². The van der Waals surface area contributed by atoms with Gasteiger partial charge in [-0.15, -0.1) is 0 Å². The Balaban J connectivity index is 2.10. The first kappa shape index (κ1) is 18.0. The van der Waals surface area contributed by atoms with Gasteiger partial charge in [0.1, 0.15) is 0 Å². The second-order valence-corrected chi connectivity index (χ2v) is 6.70. The largest absolute Gasteiger partial charge is 0.350 e. The molecule has 0 radical (unpaired) electrons. The molecule has 1 saturated heterocycles. The third kappa shape index (κ3) is 4.13. The van der Waals surface area contributed by atoms with Gasteiger partial charge in [0.2, 0.25) is 11.8 Å². The second-order valence-electron chi connectivity index (χ2n) is 6.70. The van der Waals surface area contributed by atoms with E-state index in [9.17, 15) is 14.4 Å². The maximum absolute atomic E-state index is 12.5. The number of likely N-dealkylation sites (tertiary alicyclic amines) is 1. The topological polar surface area (TPSA) is 78.5 Å². The van der Waals surface area contributed by atoms with Crippen molar-refractivity contribution in [3.8, 4) is 0 Å². The lowest BCUT2D eigenvalue weighted by Gasteiger charge is -2.21. The van der Waals surface area contributed by atoms with E-state index >= 15 is 0 Å². The molecule has 0 bridgehead atoms. The standard InChI is InChI=1S/C18H25N3O3/c1-11(2)19-18(24)14-7-5-6-8-15(14)20-17(23)13-9-16(22)21(10-13)12(3)4/h5-8,11-13H,9-10H2,1-4H3,(H,19,24)(H,20,23)/t13-/m1/s1. The van der Waals surface area contributed by atoms with Crippen LogP contribution in [0, 0.1) is 5.92 Å². The fourth-order valence-electron chi connectivity index (χ4n) is 2.77. The van der Waals surface area contributed by atoms with Gasteiger partial charge in [-0.05, 0) is 39.8 Å². The minimum absolute atomic E-state index is 0.00372. The van der Waals surface area contributed by atoms with E-state index < -0.39 is 0 Å². The summed E-state index contributed by atoms with van der Waals surface area (Å²) >= 11 is 0. The van der Waals surface area contributed by atoms with Crippen LogP contribution >= 0.6 is 0 Å². The Morgan fingerprint density at radius 1 is 1.17 bits per heavy atom. The molecule has 0 aromatic heterocycles. The summed E-state index contributed by atoms with van der Waals surface area (Å²) in [6.07, 6.45) is 0.213. The van der Waals surface area contributed by atoms with Crippen LogP contribution in [0.1, 0.15) is 44.5 Å². The first-order valence-corrected chi connectivity index (χ1v) is 8.29. The number of para-hydroxylation sites is 1. The number of carbonyl (C=O) groups excluding carboxylic acids is 3. The first-order chi connectivity index (χ1) is 11.3. The lowest BCUT2D eigenvalue weighted by molar-refractivity contribution is -0.129. The van der Waals surface area contributed by atoms with Crippen molar-refractivity contribution in [1.82, 2.24) is 10.2 Å². The quantitative estimate of drug-likeness (QED) is 0.866. The van der Waals surface area contributed by atoms with Gasteiger partial charge in [-0.2, -0.15) is 0 Å². The fraction of sp³-hybridized carbons (Fsp3) is 0.500. The molecule has 3 amide bonds. The molecule has 1 aromatic carbocycles. The maximum Gasteiger partial charge on any atom is 0.253 e. The number of nitrogens with one attached hydrogen (secondary N) is 2. The van der Waals surface area contributed by atoms with Crippen molar-refractivity contribution in [2.45, 2.75) is 46.2 Å². The Hall–Kier alpha value is -2.37. The van der Waals surface area contributed by atoms with Gasteiger partial charge in [-0.25, -0.2) is 0 Å². The molecule has 130 valence electrons. The molecule has 1 aliphatic rings. The fourth-order valence-corrected chi connectivity index (χ4v) is 2.77. The highest BCUT2D eigenvalue weighted by Crippen LogP contribution is 2.23.